The Morgan fingerprint density at radius 3 is 2.23 bits per heavy atom. The van der Waals surface area contributed by atoms with Crippen LogP contribution in [0.15, 0.2) is 48.5 Å². The zero-order valence-electron chi connectivity index (χ0n) is 20.5. The molecule has 188 valence electrons. The molecule has 0 spiro atoms. The van der Waals surface area contributed by atoms with Crippen LogP contribution < -0.4 is 9.47 Å². The SMILES string of the molecule is COc1ccc(C(=O)N2CCC(COc3cccc(Cl)c3)(CC(=O)N3CCN(C)CC3)CC2)cc1. The van der Waals surface area contributed by atoms with E-state index < -0.39 is 0 Å². The van der Waals surface area contributed by atoms with Crippen LogP contribution in [0.4, 0.5) is 0 Å². The molecule has 0 radical (unpaired) electrons. The Balaban J connectivity index is 1.44. The Bertz CT molecular complexity index is 1010. The summed E-state index contributed by atoms with van der Waals surface area (Å²) in [7, 11) is 3.69. The molecule has 7 nitrogen and oxygen atoms in total. The molecule has 0 unspecified atom stereocenters. The van der Waals surface area contributed by atoms with Gasteiger partial charge >= 0.3 is 0 Å². The summed E-state index contributed by atoms with van der Waals surface area (Å²) in [6.07, 6.45) is 1.83. The van der Waals surface area contributed by atoms with E-state index in [2.05, 4.69) is 11.9 Å². The largest absolute Gasteiger partial charge is 0.497 e. The van der Waals surface area contributed by atoms with Gasteiger partial charge in [0.05, 0.1) is 13.7 Å². The van der Waals surface area contributed by atoms with Crippen molar-refractivity contribution in [3.05, 3.63) is 59.1 Å². The number of carbonyl (C=O) groups excluding carboxylic acids is 2. The number of halogens is 1. The Morgan fingerprint density at radius 2 is 1.60 bits per heavy atom. The highest BCUT2D eigenvalue weighted by atomic mass is 35.5. The zero-order chi connectivity index (χ0) is 24.8. The summed E-state index contributed by atoms with van der Waals surface area (Å²) in [5.74, 6) is 1.59. The first-order valence-corrected chi connectivity index (χ1v) is 12.5. The molecule has 4 rings (SSSR count). The van der Waals surface area contributed by atoms with Gasteiger partial charge in [0.1, 0.15) is 11.5 Å². The van der Waals surface area contributed by atoms with Gasteiger partial charge in [0.15, 0.2) is 0 Å². The summed E-state index contributed by atoms with van der Waals surface area (Å²) in [6.45, 7) is 4.87. The molecule has 0 bridgehead atoms. The molecule has 0 N–H and O–H groups in total. The minimum Gasteiger partial charge on any atom is -0.497 e. The van der Waals surface area contributed by atoms with Crippen LogP contribution in [0, 0.1) is 5.41 Å². The van der Waals surface area contributed by atoms with Gasteiger partial charge in [0, 0.05) is 61.7 Å². The highest BCUT2D eigenvalue weighted by Crippen LogP contribution is 2.37. The van der Waals surface area contributed by atoms with Crippen LogP contribution in [0.2, 0.25) is 5.02 Å². The number of nitrogens with zero attached hydrogens (tertiary/aromatic N) is 3. The lowest BCUT2D eigenvalue weighted by Gasteiger charge is -2.42. The van der Waals surface area contributed by atoms with Crippen LogP contribution in [0.1, 0.15) is 29.6 Å². The summed E-state index contributed by atoms with van der Waals surface area (Å²) < 4.78 is 11.4. The lowest BCUT2D eigenvalue weighted by molar-refractivity contribution is -0.136. The summed E-state index contributed by atoms with van der Waals surface area (Å²) in [6, 6.07) is 14.5. The van der Waals surface area contributed by atoms with Crippen molar-refractivity contribution in [3.63, 3.8) is 0 Å². The van der Waals surface area contributed by atoms with Gasteiger partial charge in [-0.25, -0.2) is 0 Å². The van der Waals surface area contributed by atoms with Crippen molar-refractivity contribution in [2.75, 3.05) is 60.0 Å². The predicted molar refractivity (Wildman–Crippen MR) is 136 cm³/mol. The third-order valence-corrected chi connectivity index (χ3v) is 7.41. The monoisotopic (exact) mass is 499 g/mol. The molecule has 2 heterocycles. The first-order chi connectivity index (χ1) is 16.9. The van der Waals surface area contributed by atoms with Crippen LogP contribution in [0.3, 0.4) is 0 Å². The van der Waals surface area contributed by atoms with Crippen LogP contribution in [0.25, 0.3) is 0 Å². The van der Waals surface area contributed by atoms with E-state index in [0.717, 1.165) is 31.9 Å². The molecule has 2 saturated heterocycles. The van der Waals surface area contributed by atoms with E-state index in [1.807, 2.05) is 28.0 Å². The number of piperazine rings is 1. The maximum absolute atomic E-state index is 13.3. The van der Waals surface area contributed by atoms with Gasteiger partial charge in [-0.2, -0.15) is 0 Å². The van der Waals surface area contributed by atoms with E-state index in [1.165, 1.54) is 0 Å². The van der Waals surface area contributed by atoms with Gasteiger partial charge in [-0.3, -0.25) is 9.59 Å². The van der Waals surface area contributed by atoms with Crippen molar-refractivity contribution in [2.45, 2.75) is 19.3 Å². The van der Waals surface area contributed by atoms with E-state index in [-0.39, 0.29) is 17.2 Å². The average molecular weight is 500 g/mol. The highest BCUT2D eigenvalue weighted by molar-refractivity contribution is 6.30. The third kappa shape index (κ3) is 6.47. The van der Waals surface area contributed by atoms with Crippen LogP contribution in [0.5, 0.6) is 11.5 Å². The minimum atomic E-state index is -0.334. The van der Waals surface area contributed by atoms with Gasteiger partial charge in [-0.05, 0) is 62.4 Å². The maximum Gasteiger partial charge on any atom is 0.253 e. The fraction of sp³-hybridized carbons (Fsp3) is 0.481. The van der Waals surface area contributed by atoms with E-state index in [0.29, 0.717) is 55.3 Å². The molecule has 2 aliphatic rings. The molecule has 0 aromatic heterocycles. The van der Waals surface area contributed by atoms with Crippen LogP contribution in [-0.4, -0.2) is 86.5 Å². The van der Waals surface area contributed by atoms with E-state index >= 15 is 0 Å². The number of hydrogen-bond donors (Lipinski definition) is 0. The van der Waals surface area contributed by atoms with E-state index in [1.54, 1.807) is 37.4 Å². The predicted octanol–water partition coefficient (Wildman–Crippen LogP) is 3.81. The molecule has 0 aliphatic carbocycles. The number of hydrogen-bond acceptors (Lipinski definition) is 5. The lowest BCUT2D eigenvalue weighted by Crippen LogP contribution is -2.51. The lowest BCUT2D eigenvalue weighted by atomic mass is 9.75. The molecule has 2 aromatic carbocycles. The Morgan fingerprint density at radius 1 is 0.914 bits per heavy atom. The quantitative estimate of drug-likeness (QED) is 0.579. The standard InChI is InChI=1S/C27H34ClN3O4/c1-29-14-16-30(17-15-29)25(32)19-27(20-35-24-5-3-4-22(28)18-24)10-12-31(13-11-27)26(33)21-6-8-23(34-2)9-7-21/h3-9,18H,10-17,19-20H2,1-2H3. The molecule has 2 amide bonds. The second-order valence-electron chi connectivity index (χ2n) is 9.63. The fourth-order valence-corrected chi connectivity index (χ4v) is 4.93. The molecular weight excluding hydrogens is 466 g/mol. The number of rotatable bonds is 7. The van der Waals surface area contributed by atoms with Crippen molar-refractivity contribution in [2.24, 2.45) is 5.41 Å². The number of methoxy groups -OCH3 is 1. The second kappa shape index (κ2) is 11.3. The number of ether oxygens (including phenoxy) is 2. The summed E-state index contributed by atoms with van der Waals surface area (Å²) in [5, 5.41) is 0.616. The van der Waals surface area contributed by atoms with Crippen molar-refractivity contribution in [1.82, 2.24) is 14.7 Å². The molecule has 0 atom stereocenters. The molecule has 8 heteroatoms. The van der Waals surface area contributed by atoms with E-state index in [4.69, 9.17) is 21.1 Å². The van der Waals surface area contributed by atoms with Gasteiger partial charge in [0.2, 0.25) is 5.91 Å². The first kappa shape index (κ1) is 25.3. The number of likely N-dealkylation sites (tertiary alicyclic amines) is 1. The Kier molecular flexibility index (Phi) is 8.19. The molecular formula is C27H34ClN3O4. The maximum atomic E-state index is 13.3. The normalized spacial score (nSPS) is 18.3. The third-order valence-electron chi connectivity index (χ3n) is 7.17. The highest BCUT2D eigenvalue weighted by Gasteiger charge is 2.40. The summed E-state index contributed by atoms with van der Waals surface area (Å²) in [4.78, 5) is 32.5. The smallest absolute Gasteiger partial charge is 0.253 e. The first-order valence-electron chi connectivity index (χ1n) is 12.2. The van der Waals surface area contributed by atoms with Crippen LogP contribution in [-0.2, 0) is 4.79 Å². The number of piperidine rings is 1. The van der Waals surface area contributed by atoms with Crippen LogP contribution >= 0.6 is 11.6 Å². The number of amides is 2. The zero-order valence-corrected chi connectivity index (χ0v) is 21.3. The molecule has 0 saturated carbocycles. The van der Waals surface area contributed by atoms with Gasteiger partial charge in [0.25, 0.3) is 5.91 Å². The fourth-order valence-electron chi connectivity index (χ4n) is 4.75. The van der Waals surface area contributed by atoms with Crippen molar-refractivity contribution in [1.29, 1.82) is 0 Å². The molecule has 2 aliphatic heterocycles. The Hall–Kier alpha value is -2.77. The minimum absolute atomic E-state index is 0.00223. The summed E-state index contributed by atoms with van der Waals surface area (Å²) in [5.41, 5.74) is 0.307. The Labute approximate surface area is 212 Å². The topological polar surface area (TPSA) is 62.3 Å². The van der Waals surface area contributed by atoms with Gasteiger partial charge in [-0.1, -0.05) is 17.7 Å². The van der Waals surface area contributed by atoms with Gasteiger partial charge < -0.3 is 24.2 Å². The van der Waals surface area contributed by atoms with E-state index in [9.17, 15) is 9.59 Å². The summed E-state index contributed by atoms with van der Waals surface area (Å²) >= 11 is 6.13. The number of carbonyl (C=O) groups is 2. The van der Waals surface area contributed by atoms with Crippen molar-refractivity contribution >= 4 is 23.4 Å². The molecule has 2 fully saturated rings. The molecule has 35 heavy (non-hydrogen) atoms. The van der Waals surface area contributed by atoms with Gasteiger partial charge in [-0.15, -0.1) is 0 Å². The van der Waals surface area contributed by atoms with Crippen molar-refractivity contribution < 1.29 is 19.1 Å². The number of likely N-dealkylation sites (N-methyl/N-ethyl adjacent to an activating group) is 1. The average Bonchev–Trinajstić information content (AvgIpc) is 2.88. The number of benzene rings is 2. The van der Waals surface area contributed by atoms with Crippen molar-refractivity contribution in [3.8, 4) is 11.5 Å². The molecule has 2 aromatic rings. The second-order valence-corrected chi connectivity index (χ2v) is 10.1.